The minimum absolute atomic E-state index is 0.0148. The molecule has 1 aromatic heterocycles. The summed E-state index contributed by atoms with van der Waals surface area (Å²) in [6.07, 6.45) is 7.28. The number of rotatable bonds is 5. The Kier molecular flexibility index (Phi) is 3.56. The van der Waals surface area contributed by atoms with Crippen LogP contribution in [0.25, 0.3) is 0 Å². The molecule has 1 aliphatic rings. The van der Waals surface area contributed by atoms with Crippen molar-refractivity contribution in [3.05, 3.63) is 30.1 Å². The van der Waals surface area contributed by atoms with E-state index in [4.69, 9.17) is 4.74 Å². The summed E-state index contributed by atoms with van der Waals surface area (Å²) in [4.78, 5) is 4.20. The van der Waals surface area contributed by atoms with Gasteiger partial charge in [0.05, 0.1) is 11.6 Å². The number of nitrogens with zero attached hydrogens (tertiary/aromatic N) is 1. The highest BCUT2D eigenvalue weighted by Gasteiger charge is 2.44. The van der Waals surface area contributed by atoms with Crippen LogP contribution in [-0.2, 0) is 4.74 Å². The Labute approximate surface area is 97.2 Å². The fraction of sp³-hybridized carbons (Fsp3) is 0.615. The third-order valence-electron chi connectivity index (χ3n) is 3.56. The maximum atomic E-state index is 5.75. The molecule has 16 heavy (non-hydrogen) atoms. The van der Waals surface area contributed by atoms with Crippen molar-refractivity contribution in [2.45, 2.75) is 37.8 Å². The van der Waals surface area contributed by atoms with Gasteiger partial charge in [0.1, 0.15) is 0 Å². The van der Waals surface area contributed by atoms with E-state index in [1.165, 1.54) is 12.0 Å². The third-order valence-corrected chi connectivity index (χ3v) is 3.56. The predicted molar refractivity (Wildman–Crippen MR) is 64.2 cm³/mol. The van der Waals surface area contributed by atoms with Crippen LogP contribution in [-0.4, -0.2) is 24.2 Å². The minimum Gasteiger partial charge on any atom is -0.376 e. The van der Waals surface area contributed by atoms with Gasteiger partial charge in [-0.15, -0.1) is 0 Å². The largest absolute Gasteiger partial charge is 0.376 e. The summed E-state index contributed by atoms with van der Waals surface area (Å²) in [5, 5.41) is 3.53. The molecule has 1 heterocycles. The highest BCUT2D eigenvalue weighted by atomic mass is 16.5. The van der Waals surface area contributed by atoms with E-state index in [0.29, 0.717) is 0 Å². The molecule has 1 aromatic rings. The van der Waals surface area contributed by atoms with Crippen LogP contribution >= 0.6 is 0 Å². The number of nitrogens with one attached hydrogen (secondary N) is 1. The average molecular weight is 220 g/mol. The molecule has 3 heteroatoms. The molecule has 2 rings (SSSR count). The van der Waals surface area contributed by atoms with Crippen molar-refractivity contribution < 1.29 is 4.74 Å². The molecule has 1 saturated carbocycles. The summed E-state index contributed by atoms with van der Waals surface area (Å²) >= 11 is 0. The van der Waals surface area contributed by atoms with Gasteiger partial charge in [-0.1, -0.05) is 13.0 Å². The monoisotopic (exact) mass is 220 g/mol. The molecule has 1 N–H and O–H groups in total. The second-order valence-corrected chi connectivity index (χ2v) is 4.40. The van der Waals surface area contributed by atoms with Crippen LogP contribution < -0.4 is 5.32 Å². The van der Waals surface area contributed by atoms with Crippen LogP contribution in [0.1, 0.15) is 37.8 Å². The molecule has 0 aromatic carbocycles. The molecule has 1 aliphatic carbocycles. The molecule has 88 valence electrons. The van der Waals surface area contributed by atoms with Crippen molar-refractivity contribution in [2.24, 2.45) is 0 Å². The van der Waals surface area contributed by atoms with Gasteiger partial charge in [-0.3, -0.25) is 4.98 Å². The summed E-state index contributed by atoms with van der Waals surface area (Å²) in [7, 11) is 1.82. The number of ether oxygens (including phenoxy) is 1. The van der Waals surface area contributed by atoms with E-state index in [9.17, 15) is 0 Å². The van der Waals surface area contributed by atoms with Crippen LogP contribution in [0.15, 0.2) is 24.5 Å². The van der Waals surface area contributed by atoms with Gasteiger partial charge < -0.3 is 10.1 Å². The van der Waals surface area contributed by atoms with Gasteiger partial charge in [0.2, 0.25) is 0 Å². The molecule has 0 aliphatic heterocycles. The Balaban J connectivity index is 2.23. The summed E-state index contributed by atoms with van der Waals surface area (Å²) in [6.45, 7) is 3.08. The van der Waals surface area contributed by atoms with Gasteiger partial charge in [0, 0.05) is 19.5 Å². The Bertz CT molecular complexity index is 316. The molecule has 1 unspecified atom stereocenters. The Morgan fingerprint density at radius 1 is 1.56 bits per heavy atom. The molecular weight excluding hydrogens is 200 g/mol. The number of likely N-dealkylation sites (N-methyl/N-ethyl adjacent to an activating group) is 1. The van der Waals surface area contributed by atoms with Gasteiger partial charge in [-0.05, 0) is 37.4 Å². The van der Waals surface area contributed by atoms with Gasteiger partial charge in [0.25, 0.3) is 0 Å². The molecule has 0 saturated heterocycles. The number of hydrogen-bond acceptors (Lipinski definition) is 3. The number of methoxy groups -OCH3 is 1. The summed E-state index contributed by atoms with van der Waals surface area (Å²) in [5.41, 5.74) is 1.21. The lowest BCUT2D eigenvalue weighted by Crippen LogP contribution is -2.50. The zero-order chi connectivity index (χ0) is 11.4. The zero-order valence-electron chi connectivity index (χ0n) is 10.1. The van der Waals surface area contributed by atoms with Crippen molar-refractivity contribution in [2.75, 3.05) is 13.7 Å². The first kappa shape index (κ1) is 11.6. The molecule has 0 amide bonds. The molecule has 0 radical (unpaired) electrons. The van der Waals surface area contributed by atoms with Crippen LogP contribution in [0, 0.1) is 0 Å². The maximum Gasteiger partial charge on any atom is 0.0873 e. The normalized spacial score (nSPS) is 20.1. The fourth-order valence-electron chi connectivity index (χ4n) is 2.49. The smallest absolute Gasteiger partial charge is 0.0873 e. The quantitative estimate of drug-likeness (QED) is 0.826. The van der Waals surface area contributed by atoms with Crippen molar-refractivity contribution in [3.63, 3.8) is 0 Å². The van der Waals surface area contributed by atoms with Crippen molar-refractivity contribution in [3.8, 4) is 0 Å². The summed E-state index contributed by atoms with van der Waals surface area (Å²) < 4.78 is 5.75. The highest BCUT2D eigenvalue weighted by Crippen LogP contribution is 2.44. The molecule has 0 bridgehead atoms. The second-order valence-electron chi connectivity index (χ2n) is 4.40. The minimum atomic E-state index is -0.0148. The average Bonchev–Trinajstić information content (AvgIpc) is 2.28. The van der Waals surface area contributed by atoms with Gasteiger partial charge in [0.15, 0.2) is 0 Å². The van der Waals surface area contributed by atoms with E-state index in [0.717, 1.165) is 19.4 Å². The summed E-state index contributed by atoms with van der Waals surface area (Å²) in [5.74, 6) is 0. The Morgan fingerprint density at radius 2 is 2.38 bits per heavy atom. The van der Waals surface area contributed by atoms with Crippen LogP contribution in [0.5, 0.6) is 0 Å². The molecule has 1 fully saturated rings. The zero-order valence-corrected chi connectivity index (χ0v) is 10.1. The maximum absolute atomic E-state index is 5.75. The van der Waals surface area contributed by atoms with Crippen molar-refractivity contribution in [1.29, 1.82) is 0 Å². The molecule has 3 nitrogen and oxygen atoms in total. The standard InChI is InChI=1S/C13H20N2O/c1-3-15-12(11-6-4-9-14-10-11)13(16-2)7-5-8-13/h4,6,9-10,12,15H,3,5,7-8H2,1-2H3. The van der Waals surface area contributed by atoms with E-state index in [2.05, 4.69) is 23.3 Å². The lowest BCUT2D eigenvalue weighted by molar-refractivity contribution is -0.0995. The van der Waals surface area contributed by atoms with Crippen LogP contribution in [0.4, 0.5) is 0 Å². The SMILES string of the molecule is CCNC(c1cccnc1)C1(OC)CCC1. The first-order valence-electron chi connectivity index (χ1n) is 6.01. The predicted octanol–water partition coefficient (Wildman–Crippen LogP) is 2.30. The van der Waals surface area contributed by atoms with E-state index in [1.807, 2.05) is 25.6 Å². The van der Waals surface area contributed by atoms with Gasteiger partial charge in [-0.25, -0.2) is 0 Å². The fourth-order valence-corrected chi connectivity index (χ4v) is 2.49. The van der Waals surface area contributed by atoms with E-state index in [1.54, 1.807) is 0 Å². The van der Waals surface area contributed by atoms with Crippen molar-refractivity contribution >= 4 is 0 Å². The third kappa shape index (κ3) is 1.97. The van der Waals surface area contributed by atoms with E-state index >= 15 is 0 Å². The number of pyridine rings is 1. The van der Waals surface area contributed by atoms with Gasteiger partial charge >= 0.3 is 0 Å². The molecule has 1 atom stereocenters. The first-order valence-corrected chi connectivity index (χ1v) is 6.01. The van der Waals surface area contributed by atoms with Crippen LogP contribution in [0.2, 0.25) is 0 Å². The second kappa shape index (κ2) is 4.93. The highest BCUT2D eigenvalue weighted by molar-refractivity contribution is 5.20. The number of aromatic nitrogens is 1. The number of hydrogen-bond donors (Lipinski definition) is 1. The van der Waals surface area contributed by atoms with E-state index < -0.39 is 0 Å². The van der Waals surface area contributed by atoms with E-state index in [-0.39, 0.29) is 11.6 Å². The topological polar surface area (TPSA) is 34.2 Å². The van der Waals surface area contributed by atoms with Gasteiger partial charge in [-0.2, -0.15) is 0 Å². The lowest BCUT2D eigenvalue weighted by Gasteiger charge is -2.46. The Hall–Kier alpha value is -0.930. The lowest BCUT2D eigenvalue weighted by atomic mass is 9.72. The molecule has 0 spiro atoms. The van der Waals surface area contributed by atoms with Crippen molar-refractivity contribution in [1.82, 2.24) is 10.3 Å². The van der Waals surface area contributed by atoms with Crippen LogP contribution in [0.3, 0.4) is 0 Å². The first-order chi connectivity index (χ1) is 7.82. The summed E-state index contributed by atoms with van der Waals surface area (Å²) in [6, 6.07) is 4.38. The molecular formula is C13H20N2O. The Morgan fingerprint density at radius 3 is 2.81 bits per heavy atom.